The molecule has 1 aliphatic heterocycles. The Balaban J connectivity index is 0.000000673. The van der Waals surface area contributed by atoms with E-state index in [4.69, 9.17) is 14.9 Å². The van der Waals surface area contributed by atoms with Crippen LogP contribution >= 0.6 is 0 Å². The van der Waals surface area contributed by atoms with Crippen molar-refractivity contribution in [3.8, 4) is 0 Å². The van der Waals surface area contributed by atoms with Crippen LogP contribution in [-0.4, -0.2) is 43.5 Å². The molecule has 0 N–H and O–H groups in total. The first-order valence-electron chi connectivity index (χ1n) is 6.04. The predicted molar refractivity (Wildman–Crippen MR) is 64.5 cm³/mol. The minimum absolute atomic E-state index is 0.500. The van der Waals surface area contributed by atoms with Crippen LogP contribution < -0.4 is 0 Å². The smallest absolute Gasteiger partial charge is 0.183 e. The summed E-state index contributed by atoms with van der Waals surface area (Å²) in [4.78, 5) is 8.24. The molecule has 0 aliphatic carbocycles. The lowest BCUT2D eigenvalue weighted by atomic mass is 10.2. The Hall–Kier alpha value is -0.700. The summed E-state index contributed by atoms with van der Waals surface area (Å²) in [6, 6.07) is 0. The van der Waals surface area contributed by atoms with Crippen LogP contribution in [0.1, 0.15) is 33.6 Å². The van der Waals surface area contributed by atoms with Crippen LogP contribution in [0.15, 0.2) is 0 Å². The molecule has 0 saturated carbocycles. The van der Waals surface area contributed by atoms with E-state index in [-0.39, 0.29) is 0 Å². The fraction of sp³-hybridized carbons (Fsp3) is 0.917. The van der Waals surface area contributed by atoms with Gasteiger partial charge in [0.15, 0.2) is 6.73 Å². The van der Waals surface area contributed by atoms with E-state index in [1.165, 1.54) is 37.0 Å². The van der Waals surface area contributed by atoms with Gasteiger partial charge >= 0.3 is 0 Å². The molecule has 1 rings (SSSR count). The monoisotopic (exact) mass is 228 g/mol. The van der Waals surface area contributed by atoms with E-state index in [2.05, 4.69) is 20.8 Å². The quantitative estimate of drug-likeness (QED) is 0.411. The second-order valence-electron chi connectivity index (χ2n) is 4.79. The van der Waals surface area contributed by atoms with Crippen LogP contribution in [0, 0.1) is 5.92 Å². The van der Waals surface area contributed by atoms with Crippen molar-refractivity contribution in [2.75, 3.05) is 33.0 Å². The summed E-state index contributed by atoms with van der Waals surface area (Å²) in [6.07, 6.45) is 3.28. The number of ether oxygens (including phenoxy) is 1. The number of isocyanates is 1. The highest BCUT2D eigenvalue weighted by molar-refractivity contribution is 5.36. The Bertz CT molecular complexity index is 205. The maximum Gasteiger partial charge on any atom is 0.183 e. The highest BCUT2D eigenvalue weighted by atomic mass is 16.5. The fourth-order valence-corrected chi connectivity index (χ4v) is 2.43. The van der Waals surface area contributed by atoms with Crippen LogP contribution in [0.5, 0.6) is 0 Å². The van der Waals surface area contributed by atoms with Gasteiger partial charge in [0, 0.05) is 25.4 Å². The average Bonchev–Trinajstić information content (AvgIpc) is 2.64. The van der Waals surface area contributed by atoms with Gasteiger partial charge in [0.25, 0.3) is 0 Å². The van der Waals surface area contributed by atoms with Crippen molar-refractivity contribution in [1.82, 2.24) is 0 Å². The SMILES string of the molecule is CCOC[N+]1(CC(C)C)CCCC1.[N-]=C=O. The Kier molecular flexibility index (Phi) is 8.08. The minimum Gasteiger partial charge on any atom is -0.724 e. The summed E-state index contributed by atoms with van der Waals surface area (Å²) in [5, 5.41) is 6.76. The molecule has 0 aromatic rings. The van der Waals surface area contributed by atoms with Gasteiger partial charge in [-0.25, -0.2) is 0 Å². The molecule has 16 heavy (non-hydrogen) atoms. The van der Waals surface area contributed by atoms with Crippen molar-refractivity contribution >= 4 is 6.08 Å². The Labute approximate surface area is 98.7 Å². The highest BCUT2D eigenvalue weighted by Gasteiger charge is 2.32. The molecule has 0 amide bonds. The van der Waals surface area contributed by atoms with Crippen LogP contribution in [-0.2, 0) is 9.53 Å². The van der Waals surface area contributed by atoms with Gasteiger partial charge in [0.05, 0.1) is 19.6 Å². The molecule has 1 fully saturated rings. The van der Waals surface area contributed by atoms with Gasteiger partial charge in [0.2, 0.25) is 0 Å². The van der Waals surface area contributed by atoms with Gasteiger partial charge in [-0.1, -0.05) is 13.8 Å². The van der Waals surface area contributed by atoms with E-state index in [1.807, 2.05) is 0 Å². The van der Waals surface area contributed by atoms with Crippen LogP contribution in [0.4, 0.5) is 0 Å². The normalized spacial score (nSPS) is 17.8. The lowest BCUT2D eigenvalue weighted by molar-refractivity contribution is -0.937. The van der Waals surface area contributed by atoms with Crippen LogP contribution in [0.25, 0.3) is 5.41 Å². The molecule has 1 aliphatic rings. The Morgan fingerprint density at radius 2 is 1.88 bits per heavy atom. The second kappa shape index (κ2) is 8.45. The molecular formula is C12H24N2O2. The minimum atomic E-state index is 0.500. The molecule has 1 heterocycles. The van der Waals surface area contributed by atoms with Crippen molar-refractivity contribution in [2.24, 2.45) is 5.92 Å². The number of hydrogen-bond donors (Lipinski definition) is 0. The molecule has 4 nitrogen and oxygen atoms in total. The van der Waals surface area contributed by atoms with E-state index < -0.39 is 0 Å². The molecule has 0 bridgehead atoms. The maximum absolute atomic E-state index is 8.24. The third-order valence-corrected chi connectivity index (χ3v) is 2.84. The molecule has 0 spiro atoms. The van der Waals surface area contributed by atoms with E-state index in [0.29, 0.717) is 6.08 Å². The molecule has 4 heteroatoms. The van der Waals surface area contributed by atoms with Gasteiger partial charge in [-0.15, -0.1) is 0 Å². The van der Waals surface area contributed by atoms with Gasteiger partial charge in [0.1, 0.15) is 0 Å². The number of carbonyl (C=O) groups excluding carboxylic acids is 1. The van der Waals surface area contributed by atoms with Crippen LogP contribution in [0.2, 0.25) is 0 Å². The lowest BCUT2D eigenvalue weighted by Gasteiger charge is -2.35. The zero-order valence-corrected chi connectivity index (χ0v) is 10.7. The molecule has 0 aromatic carbocycles. The van der Waals surface area contributed by atoms with Gasteiger partial charge in [-0.2, -0.15) is 0 Å². The summed E-state index contributed by atoms with van der Waals surface area (Å²) < 4.78 is 6.81. The van der Waals surface area contributed by atoms with Crippen molar-refractivity contribution in [1.29, 1.82) is 0 Å². The van der Waals surface area contributed by atoms with Gasteiger partial charge in [-0.3, -0.25) is 4.79 Å². The zero-order valence-electron chi connectivity index (χ0n) is 10.7. The van der Waals surface area contributed by atoms with Gasteiger partial charge in [-0.05, 0) is 13.0 Å². The summed E-state index contributed by atoms with van der Waals surface area (Å²) in [6.45, 7) is 12.5. The molecule has 94 valence electrons. The predicted octanol–water partition coefficient (Wildman–Crippen LogP) is 2.14. The van der Waals surface area contributed by atoms with Crippen molar-refractivity contribution in [3.63, 3.8) is 0 Å². The Morgan fingerprint density at radius 1 is 1.38 bits per heavy atom. The fourth-order valence-electron chi connectivity index (χ4n) is 2.43. The zero-order chi connectivity index (χ0) is 12.4. The number of hydrogen-bond acceptors (Lipinski definition) is 2. The molecule has 1 saturated heterocycles. The van der Waals surface area contributed by atoms with E-state index in [1.54, 1.807) is 0 Å². The third kappa shape index (κ3) is 6.01. The summed E-state index contributed by atoms with van der Waals surface area (Å²) in [5.74, 6) is 0.790. The second-order valence-corrected chi connectivity index (χ2v) is 4.79. The third-order valence-electron chi connectivity index (χ3n) is 2.84. The topological polar surface area (TPSA) is 48.6 Å². The van der Waals surface area contributed by atoms with Crippen LogP contribution in [0.3, 0.4) is 0 Å². The number of rotatable bonds is 5. The standard InChI is InChI=1S/C11H24NO.CNO/c1-4-13-10-12(9-11(2)3)7-5-6-8-12;2-1-3/h11H,4-10H2,1-3H3;/q+1;-1. The number of likely N-dealkylation sites (tertiary alicyclic amines) is 1. The first kappa shape index (κ1) is 15.3. The van der Waals surface area contributed by atoms with Gasteiger partial charge < -0.3 is 14.6 Å². The largest absolute Gasteiger partial charge is 0.724 e. The first-order chi connectivity index (χ1) is 7.60. The maximum atomic E-state index is 8.24. The molecule has 0 unspecified atom stereocenters. The number of quaternary nitrogens is 1. The summed E-state index contributed by atoms with van der Waals surface area (Å²) in [5.41, 5.74) is 0. The van der Waals surface area contributed by atoms with Crippen molar-refractivity contribution < 1.29 is 14.0 Å². The van der Waals surface area contributed by atoms with E-state index in [0.717, 1.165) is 19.3 Å². The van der Waals surface area contributed by atoms with E-state index >= 15 is 0 Å². The highest BCUT2D eigenvalue weighted by Crippen LogP contribution is 2.21. The molecule has 0 radical (unpaired) electrons. The average molecular weight is 228 g/mol. The molecular weight excluding hydrogens is 204 g/mol. The first-order valence-corrected chi connectivity index (χ1v) is 6.04. The Morgan fingerprint density at radius 3 is 2.25 bits per heavy atom. The van der Waals surface area contributed by atoms with E-state index in [9.17, 15) is 0 Å². The number of nitrogens with zero attached hydrogens (tertiary/aromatic N) is 2. The molecule has 0 aromatic heterocycles. The lowest BCUT2D eigenvalue weighted by Crippen LogP contribution is -2.49. The molecule has 0 atom stereocenters. The summed E-state index contributed by atoms with van der Waals surface area (Å²) >= 11 is 0. The summed E-state index contributed by atoms with van der Waals surface area (Å²) in [7, 11) is 0. The van der Waals surface area contributed by atoms with Crippen molar-refractivity contribution in [3.05, 3.63) is 5.41 Å². The van der Waals surface area contributed by atoms with Crippen molar-refractivity contribution in [2.45, 2.75) is 33.6 Å².